The van der Waals surface area contributed by atoms with Gasteiger partial charge in [0, 0.05) is 20.1 Å². The van der Waals surface area contributed by atoms with E-state index in [1.165, 1.54) is 0 Å². The largest absolute Gasteiger partial charge is 0.491 e. The first-order chi connectivity index (χ1) is 15.4. The molecule has 5 nitrogen and oxygen atoms in total. The summed E-state index contributed by atoms with van der Waals surface area (Å²) in [6.07, 6.45) is 2.97. The molecule has 0 aliphatic carbocycles. The van der Waals surface area contributed by atoms with Gasteiger partial charge in [-0.15, -0.1) is 0 Å². The summed E-state index contributed by atoms with van der Waals surface area (Å²) in [4.78, 5) is 30.2. The number of hydrogen-bond acceptors (Lipinski definition) is 3. The molecule has 3 rings (SSSR count). The maximum Gasteiger partial charge on any atom is 0.257 e. The second-order valence-electron chi connectivity index (χ2n) is 9.21. The lowest BCUT2D eigenvalue weighted by Gasteiger charge is -2.34. The molecular weight excluding hydrogens is 400 g/mol. The van der Waals surface area contributed by atoms with Gasteiger partial charge in [0.1, 0.15) is 12.4 Å². The first-order valence-electron chi connectivity index (χ1n) is 11.7. The van der Waals surface area contributed by atoms with Crippen LogP contribution >= 0.6 is 0 Å². The summed E-state index contributed by atoms with van der Waals surface area (Å²) in [5.41, 5.74) is 2.79. The van der Waals surface area contributed by atoms with Gasteiger partial charge in [-0.3, -0.25) is 9.59 Å². The summed E-state index contributed by atoms with van der Waals surface area (Å²) in [5, 5.41) is 0. The van der Waals surface area contributed by atoms with Crippen molar-refractivity contribution in [3.05, 3.63) is 65.2 Å². The Morgan fingerprint density at radius 3 is 2.50 bits per heavy atom. The number of nitrogens with zero attached hydrogens (tertiary/aromatic N) is 2. The standard InChI is InChI=1S/C27H36N2O3/c1-20(2)17-23-19-32-25-14-8-7-13-24(25)27(31)28(4)15-9-10-16-29(23)26(30)18-22-12-6-5-11-21(22)3/h5-8,11-14,20,23H,9-10,15-19H2,1-4H3/t23-/m0/s1. The maximum absolute atomic E-state index is 13.5. The second kappa shape index (κ2) is 11.2. The Morgan fingerprint density at radius 1 is 1.06 bits per heavy atom. The van der Waals surface area contributed by atoms with Crippen LogP contribution in [0, 0.1) is 12.8 Å². The van der Waals surface area contributed by atoms with Crippen molar-refractivity contribution in [3.8, 4) is 5.75 Å². The molecule has 0 bridgehead atoms. The third-order valence-corrected chi connectivity index (χ3v) is 6.15. The van der Waals surface area contributed by atoms with Gasteiger partial charge in [-0.25, -0.2) is 0 Å². The zero-order valence-electron chi connectivity index (χ0n) is 19.8. The van der Waals surface area contributed by atoms with E-state index in [2.05, 4.69) is 26.8 Å². The van der Waals surface area contributed by atoms with Crippen molar-refractivity contribution < 1.29 is 14.3 Å². The number of aryl methyl sites for hydroxylation is 1. The lowest BCUT2D eigenvalue weighted by molar-refractivity contribution is -0.134. The fraction of sp³-hybridized carbons (Fsp3) is 0.481. The predicted octanol–water partition coefficient (Wildman–Crippen LogP) is 4.73. The number of hydrogen-bond donors (Lipinski definition) is 0. The Labute approximate surface area is 192 Å². The van der Waals surface area contributed by atoms with E-state index in [4.69, 9.17) is 4.74 Å². The van der Waals surface area contributed by atoms with Crippen molar-refractivity contribution in [2.75, 3.05) is 26.7 Å². The Bertz CT molecular complexity index is 925. The van der Waals surface area contributed by atoms with E-state index in [0.717, 1.165) is 30.4 Å². The van der Waals surface area contributed by atoms with E-state index in [1.54, 1.807) is 4.90 Å². The van der Waals surface area contributed by atoms with Crippen molar-refractivity contribution in [1.29, 1.82) is 0 Å². The van der Waals surface area contributed by atoms with Gasteiger partial charge in [0.15, 0.2) is 0 Å². The maximum atomic E-state index is 13.5. The summed E-state index contributed by atoms with van der Waals surface area (Å²) >= 11 is 0. The molecule has 172 valence electrons. The minimum Gasteiger partial charge on any atom is -0.491 e. The van der Waals surface area contributed by atoms with Gasteiger partial charge in [-0.1, -0.05) is 50.2 Å². The molecule has 2 aromatic carbocycles. The minimum absolute atomic E-state index is 0.0194. The van der Waals surface area contributed by atoms with Crippen molar-refractivity contribution in [2.45, 2.75) is 52.5 Å². The number of carbonyl (C=O) groups excluding carboxylic acids is 2. The average Bonchev–Trinajstić information content (AvgIpc) is 2.77. The highest BCUT2D eigenvalue weighted by molar-refractivity contribution is 5.96. The molecule has 0 unspecified atom stereocenters. The molecule has 5 heteroatoms. The molecule has 0 N–H and O–H groups in total. The van der Waals surface area contributed by atoms with Crippen LogP contribution in [0.25, 0.3) is 0 Å². The molecular formula is C27H36N2O3. The fourth-order valence-corrected chi connectivity index (χ4v) is 4.31. The lowest BCUT2D eigenvalue weighted by atomic mass is 10.00. The summed E-state index contributed by atoms with van der Waals surface area (Å²) in [5.74, 6) is 1.13. The number of amides is 2. The van der Waals surface area contributed by atoms with Crippen LogP contribution in [0.2, 0.25) is 0 Å². The van der Waals surface area contributed by atoms with Crippen LogP contribution in [0.4, 0.5) is 0 Å². The van der Waals surface area contributed by atoms with Gasteiger partial charge in [-0.05, 0) is 55.4 Å². The van der Waals surface area contributed by atoms with Gasteiger partial charge in [0.05, 0.1) is 18.0 Å². The Morgan fingerprint density at radius 2 is 1.75 bits per heavy atom. The van der Waals surface area contributed by atoms with E-state index in [9.17, 15) is 9.59 Å². The third kappa shape index (κ3) is 6.12. The topological polar surface area (TPSA) is 49.9 Å². The van der Waals surface area contributed by atoms with Gasteiger partial charge in [-0.2, -0.15) is 0 Å². The van der Waals surface area contributed by atoms with Crippen LogP contribution in [0.15, 0.2) is 48.5 Å². The summed E-state index contributed by atoms with van der Waals surface area (Å²) < 4.78 is 6.21. The zero-order valence-corrected chi connectivity index (χ0v) is 19.8. The molecule has 2 amide bonds. The van der Waals surface area contributed by atoms with Crippen LogP contribution in [0.5, 0.6) is 5.75 Å². The molecule has 0 saturated heterocycles. The quantitative estimate of drug-likeness (QED) is 0.696. The SMILES string of the molecule is Cc1ccccc1CC(=O)N1CCCCN(C)C(=O)c2ccccc2OC[C@@H]1CC(C)C. The molecule has 0 spiro atoms. The molecule has 0 radical (unpaired) electrons. The molecule has 1 atom stereocenters. The Hall–Kier alpha value is -2.82. The second-order valence-corrected chi connectivity index (χ2v) is 9.21. The molecule has 0 fully saturated rings. The third-order valence-electron chi connectivity index (χ3n) is 6.15. The summed E-state index contributed by atoms with van der Waals surface area (Å²) in [6.45, 7) is 8.11. The van der Waals surface area contributed by atoms with E-state index in [-0.39, 0.29) is 17.9 Å². The fourth-order valence-electron chi connectivity index (χ4n) is 4.31. The highest BCUT2D eigenvalue weighted by Gasteiger charge is 2.27. The first-order valence-corrected chi connectivity index (χ1v) is 11.7. The van der Waals surface area contributed by atoms with Crippen LogP contribution in [0.1, 0.15) is 54.6 Å². The first kappa shape index (κ1) is 23.8. The van der Waals surface area contributed by atoms with Crippen molar-refractivity contribution >= 4 is 11.8 Å². The highest BCUT2D eigenvalue weighted by Crippen LogP contribution is 2.23. The number of benzene rings is 2. The Kier molecular flexibility index (Phi) is 8.32. The van der Waals surface area contributed by atoms with Crippen LogP contribution in [-0.2, 0) is 11.2 Å². The Balaban J connectivity index is 1.88. The summed E-state index contributed by atoms with van der Waals surface area (Å²) in [6, 6.07) is 15.5. The number of ether oxygens (including phenoxy) is 1. The van der Waals surface area contributed by atoms with E-state index < -0.39 is 0 Å². The normalized spacial score (nSPS) is 17.9. The lowest BCUT2D eigenvalue weighted by Crippen LogP contribution is -2.46. The monoisotopic (exact) mass is 436 g/mol. The smallest absolute Gasteiger partial charge is 0.257 e. The van der Waals surface area contributed by atoms with Crippen molar-refractivity contribution in [3.63, 3.8) is 0 Å². The van der Waals surface area contributed by atoms with Crippen LogP contribution in [0.3, 0.4) is 0 Å². The number of para-hydroxylation sites is 1. The predicted molar refractivity (Wildman–Crippen MR) is 128 cm³/mol. The molecule has 1 heterocycles. The molecule has 32 heavy (non-hydrogen) atoms. The van der Waals surface area contributed by atoms with Gasteiger partial charge in [0.2, 0.25) is 5.91 Å². The average molecular weight is 437 g/mol. The number of fused-ring (bicyclic) bond motifs is 1. The van der Waals surface area contributed by atoms with Gasteiger partial charge >= 0.3 is 0 Å². The molecule has 1 aliphatic rings. The highest BCUT2D eigenvalue weighted by atomic mass is 16.5. The molecule has 0 saturated carbocycles. The molecule has 2 aromatic rings. The van der Waals surface area contributed by atoms with Crippen molar-refractivity contribution in [1.82, 2.24) is 9.80 Å². The van der Waals surface area contributed by atoms with Crippen LogP contribution in [-0.4, -0.2) is 54.4 Å². The molecule has 0 aromatic heterocycles. The van der Waals surface area contributed by atoms with Gasteiger partial charge in [0.25, 0.3) is 5.91 Å². The van der Waals surface area contributed by atoms with E-state index in [1.807, 2.05) is 54.4 Å². The van der Waals surface area contributed by atoms with Crippen molar-refractivity contribution in [2.24, 2.45) is 5.92 Å². The zero-order chi connectivity index (χ0) is 23.1. The number of carbonyl (C=O) groups is 2. The van der Waals surface area contributed by atoms with Gasteiger partial charge < -0.3 is 14.5 Å². The number of rotatable bonds is 4. The summed E-state index contributed by atoms with van der Waals surface area (Å²) in [7, 11) is 1.83. The van der Waals surface area contributed by atoms with E-state index >= 15 is 0 Å². The molecule has 1 aliphatic heterocycles. The minimum atomic E-state index is -0.0353. The van der Waals surface area contributed by atoms with E-state index in [0.29, 0.717) is 43.3 Å². The van der Waals surface area contributed by atoms with Crippen LogP contribution < -0.4 is 4.74 Å².